The summed E-state index contributed by atoms with van der Waals surface area (Å²) in [4.78, 5) is 45.9. The molecule has 0 bridgehead atoms. The first kappa shape index (κ1) is 14.9. The summed E-state index contributed by atoms with van der Waals surface area (Å²) in [6.45, 7) is 0.878. The molecule has 0 aliphatic carbocycles. The summed E-state index contributed by atoms with van der Waals surface area (Å²) < 4.78 is 0. The minimum Gasteiger partial charge on any atom is -0.479 e. The van der Waals surface area contributed by atoms with Gasteiger partial charge in [0.05, 0.1) is 6.54 Å². The van der Waals surface area contributed by atoms with Crippen LogP contribution in [-0.2, 0) is 14.4 Å². The summed E-state index contributed by atoms with van der Waals surface area (Å²) in [5.41, 5.74) is 0. The SMILES string of the molecule is CCC1C(=O)NC(=O)CN1C(=O)NC[C@H](O)C(=O)O. The van der Waals surface area contributed by atoms with E-state index < -0.39 is 42.5 Å². The standard InChI is InChI=1S/C10H15N3O6/c1-2-5-8(16)12-7(15)4-13(5)10(19)11-3-6(14)9(17)18/h5-6,14H,2-4H2,1H3,(H,11,19)(H,17,18)(H,12,15,16)/t5?,6-/m0/s1. The number of imide groups is 1. The number of nitrogens with one attached hydrogen (secondary N) is 2. The maximum absolute atomic E-state index is 11.8. The van der Waals surface area contributed by atoms with E-state index in [1.165, 1.54) is 0 Å². The van der Waals surface area contributed by atoms with Crippen LogP contribution < -0.4 is 10.6 Å². The molecule has 19 heavy (non-hydrogen) atoms. The van der Waals surface area contributed by atoms with E-state index in [2.05, 4.69) is 10.6 Å². The maximum Gasteiger partial charge on any atom is 0.334 e. The second-order valence-electron chi connectivity index (χ2n) is 4.00. The van der Waals surface area contributed by atoms with E-state index in [1.54, 1.807) is 6.92 Å². The Morgan fingerprint density at radius 1 is 1.53 bits per heavy atom. The molecule has 0 aromatic carbocycles. The van der Waals surface area contributed by atoms with Crippen molar-refractivity contribution in [3.8, 4) is 0 Å². The first-order chi connectivity index (χ1) is 8.86. The number of piperazine rings is 1. The van der Waals surface area contributed by atoms with Crippen LogP contribution in [0, 0.1) is 0 Å². The quantitative estimate of drug-likeness (QED) is 0.432. The molecule has 0 aromatic heterocycles. The fraction of sp³-hybridized carbons (Fsp3) is 0.600. The lowest BCUT2D eigenvalue weighted by atomic mass is 10.1. The van der Waals surface area contributed by atoms with Crippen molar-refractivity contribution in [2.45, 2.75) is 25.5 Å². The number of urea groups is 1. The lowest BCUT2D eigenvalue weighted by Gasteiger charge is -2.33. The molecule has 4 amide bonds. The molecule has 2 atom stereocenters. The van der Waals surface area contributed by atoms with Crippen LogP contribution in [0.25, 0.3) is 0 Å². The number of carbonyl (C=O) groups is 4. The topological polar surface area (TPSA) is 136 Å². The predicted molar refractivity (Wildman–Crippen MR) is 61.0 cm³/mol. The van der Waals surface area contributed by atoms with Gasteiger partial charge in [-0.25, -0.2) is 9.59 Å². The monoisotopic (exact) mass is 273 g/mol. The van der Waals surface area contributed by atoms with Gasteiger partial charge in [0.15, 0.2) is 6.10 Å². The van der Waals surface area contributed by atoms with E-state index in [-0.39, 0.29) is 6.54 Å². The van der Waals surface area contributed by atoms with Crippen molar-refractivity contribution in [2.24, 2.45) is 0 Å². The molecule has 1 saturated heterocycles. The van der Waals surface area contributed by atoms with Crippen molar-refractivity contribution >= 4 is 23.8 Å². The van der Waals surface area contributed by atoms with Crippen LogP contribution in [0.3, 0.4) is 0 Å². The van der Waals surface area contributed by atoms with Gasteiger partial charge in [-0.2, -0.15) is 0 Å². The van der Waals surface area contributed by atoms with Crippen LogP contribution in [0.4, 0.5) is 4.79 Å². The Bertz CT molecular complexity index is 410. The zero-order chi connectivity index (χ0) is 14.6. The van der Waals surface area contributed by atoms with Gasteiger partial charge in [-0.15, -0.1) is 0 Å². The second kappa shape index (κ2) is 6.14. The molecule has 106 valence electrons. The molecule has 0 spiro atoms. The average Bonchev–Trinajstić information content (AvgIpc) is 2.34. The lowest BCUT2D eigenvalue weighted by molar-refractivity contribution is -0.146. The predicted octanol–water partition coefficient (Wildman–Crippen LogP) is -2.12. The van der Waals surface area contributed by atoms with E-state index in [4.69, 9.17) is 10.2 Å². The van der Waals surface area contributed by atoms with Crippen molar-refractivity contribution in [3.05, 3.63) is 0 Å². The fourth-order valence-corrected chi connectivity index (χ4v) is 1.66. The maximum atomic E-state index is 11.8. The molecule has 9 nitrogen and oxygen atoms in total. The Kier molecular flexibility index (Phi) is 4.81. The van der Waals surface area contributed by atoms with Gasteiger partial charge in [0, 0.05) is 0 Å². The number of aliphatic hydroxyl groups is 1. The highest BCUT2D eigenvalue weighted by molar-refractivity contribution is 6.04. The fourth-order valence-electron chi connectivity index (χ4n) is 1.66. The first-order valence-electron chi connectivity index (χ1n) is 5.65. The van der Waals surface area contributed by atoms with Gasteiger partial charge in [0.1, 0.15) is 12.6 Å². The van der Waals surface area contributed by atoms with Gasteiger partial charge in [0.2, 0.25) is 11.8 Å². The van der Waals surface area contributed by atoms with Crippen LogP contribution in [0.5, 0.6) is 0 Å². The number of amides is 4. The molecular formula is C10H15N3O6. The van der Waals surface area contributed by atoms with Crippen LogP contribution in [0.1, 0.15) is 13.3 Å². The largest absolute Gasteiger partial charge is 0.479 e. The summed E-state index contributed by atoms with van der Waals surface area (Å²) in [6, 6.07) is -1.56. The molecule has 0 saturated carbocycles. The normalized spacial score (nSPS) is 20.7. The van der Waals surface area contributed by atoms with E-state index in [9.17, 15) is 19.2 Å². The van der Waals surface area contributed by atoms with Gasteiger partial charge in [-0.05, 0) is 6.42 Å². The third-order valence-electron chi connectivity index (χ3n) is 2.63. The molecule has 1 heterocycles. The number of hydrogen-bond donors (Lipinski definition) is 4. The van der Waals surface area contributed by atoms with Crippen LogP contribution >= 0.6 is 0 Å². The molecule has 9 heteroatoms. The highest BCUT2D eigenvalue weighted by Gasteiger charge is 2.35. The molecule has 0 radical (unpaired) electrons. The Labute approximate surface area is 108 Å². The molecule has 4 N–H and O–H groups in total. The van der Waals surface area contributed by atoms with Crippen molar-refractivity contribution < 1.29 is 29.4 Å². The molecule has 1 aliphatic heterocycles. The van der Waals surface area contributed by atoms with Gasteiger partial charge < -0.3 is 20.4 Å². The van der Waals surface area contributed by atoms with E-state index in [1.807, 2.05) is 0 Å². The number of carboxylic acids is 1. The number of aliphatic hydroxyl groups excluding tert-OH is 1. The minimum absolute atomic E-state index is 0.292. The Balaban J connectivity index is 2.65. The summed E-state index contributed by atoms with van der Waals surface area (Å²) in [5.74, 6) is -2.66. The van der Waals surface area contributed by atoms with Crippen molar-refractivity contribution in [1.29, 1.82) is 0 Å². The van der Waals surface area contributed by atoms with Crippen LogP contribution in [0.15, 0.2) is 0 Å². The zero-order valence-electron chi connectivity index (χ0n) is 10.3. The molecule has 1 fully saturated rings. The molecule has 1 rings (SSSR count). The number of rotatable bonds is 4. The average molecular weight is 273 g/mol. The van der Waals surface area contributed by atoms with Crippen molar-refractivity contribution in [1.82, 2.24) is 15.5 Å². The van der Waals surface area contributed by atoms with Gasteiger partial charge >= 0.3 is 12.0 Å². The number of carboxylic acid groups (broad SMARTS) is 1. The Morgan fingerprint density at radius 3 is 2.68 bits per heavy atom. The number of nitrogens with zero attached hydrogens (tertiary/aromatic N) is 1. The van der Waals surface area contributed by atoms with E-state index in [0.717, 1.165) is 4.90 Å². The van der Waals surface area contributed by atoms with Crippen molar-refractivity contribution in [2.75, 3.05) is 13.1 Å². The first-order valence-corrected chi connectivity index (χ1v) is 5.65. The summed E-state index contributed by atoms with van der Waals surface area (Å²) >= 11 is 0. The number of hydrogen-bond acceptors (Lipinski definition) is 5. The van der Waals surface area contributed by atoms with E-state index >= 15 is 0 Å². The van der Waals surface area contributed by atoms with Gasteiger partial charge in [-0.3, -0.25) is 14.9 Å². The smallest absolute Gasteiger partial charge is 0.334 e. The zero-order valence-corrected chi connectivity index (χ0v) is 10.3. The third-order valence-corrected chi connectivity index (χ3v) is 2.63. The molecular weight excluding hydrogens is 258 g/mol. The van der Waals surface area contributed by atoms with Crippen molar-refractivity contribution in [3.63, 3.8) is 0 Å². The summed E-state index contributed by atoms with van der Waals surface area (Å²) in [5, 5.41) is 21.7. The third kappa shape index (κ3) is 3.65. The molecule has 0 aromatic rings. The second-order valence-corrected chi connectivity index (χ2v) is 4.00. The highest BCUT2D eigenvalue weighted by atomic mass is 16.4. The Morgan fingerprint density at radius 2 is 2.16 bits per heavy atom. The number of aliphatic carboxylic acids is 1. The molecule has 1 aliphatic rings. The van der Waals surface area contributed by atoms with Gasteiger partial charge in [-0.1, -0.05) is 6.92 Å². The highest BCUT2D eigenvalue weighted by Crippen LogP contribution is 2.09. The van der Waals surface area contributed by atoms with Crippen LogP contribution in [0.2, 0.25) is 0 Å². The lowest BCUT2D eigenvalue weighted by Crippen LogP contribution is -2.61. The van der Waals surface area contributed by atoms with E-state index in [0.29, 0.717) is 6.42 Å². The summed E-state index contributed by atoms with van der Waals surface area (Å²) in [6.07, 6.45) is -1.42. The Hall–Kier alpha value is -2.16. The van der Waals surface area contributed by atoms with Crippen LogP contribution in [-0.4, -0.2) is 64.2 Å². The number of carbonyl (C=O) groups excluding carboxylic acids is 3. The summed E-state index contributed by atoms with van der Waals surface area (Å²) in [7, 11) is 0. The molecule has 1 unspecified atom stereocenters. The minimum atomic E-state index is -1.74. The van der Waals surface area contributed by atoms with Gasteiger partial charge in [0.25, 0.3) is 0 Å².